The molecule has 0 atom stereocenters. The Morgan fingerprint density at radius 2 is 1.88 bits per heavy atom. The summed E-state index contributed by atoms with van der Waals surface area (Å²) in [5.41, 5.74) is 8.45. The Labute approximate surface area is 99.1 Å². The van der Waals surface area contributed by atoms with Gasteiger partial charge in [0.2, 0.25) is 0 Å². The molecular weight excluding hydrogens is 216 g/mol. The second-order valence-corrected chi connectivity index (χ2v) is 3.55. The van der Waals surface area contributed by atoms with Crippen molar-refractivity contribution in [2.24, 2.45) is 0 Å². The molecule has 0 fully saturated rings. The highest BCUT2D eigenvalue weighted by Gasteiger charge is 2.05. The maximum Gasteiger partial charge on any atom is 0.337 e. The van der Waals surface area contributed by atoms with E-state index >= 15 is 0 Å². The summed E-state index contributed by atoms with van der Waals surface area (Å²) in [6, 6.07) is 10.7. The van der Waals surface area contributed by atoms with E-state index < -0.39 is 0 Å². The number of methoxy groups -OCH3 is 1. The highest BCUT2D eigenvalue weighted by Crippen LogP contribution is 2.18. The molecule has 4 nitrogen and oxygen atoms in total. The Bertz CT molecular complexity index is 518. The number of hydrogen-bond donors (Lipinski definition) is 1. The van der Waals surface area contributed by atoms with E-state index in [0.717, 1.165) is 11.3 Å². The number of rotatable bonds is 2. The Kier molecular flexibility index (Phi) is 3.05. The van der Waals surface area contributed by atoms with Crippen molar-refractivity contribution in [2.45, 2.75) is 0 Å². The van der Waals surface area contributed by atoms with Gasteiger partial charge in [-0.25, -0.2) is 4.79 Å². The van der Waals surface area contributed by atoms with Gasteiger partial charge in [0.05, 0.1) is 30.3 Å². The lowest BCUT2D eigenvalue weighted by Crippen LogP contribution is -2.00. The second kappa shape index (κ2) is 4.65. The largest absolute Gasteiger partial charge is 0.465 e. The third-order valence-corrected chi connectivity index (χ3v) is 2.39. The van der Waals surface area contributed by atoms with Gasteiger partial charge >= 0.3 is 5.97 Å². The molecule has 17 heavy (non-hydrogen) atoms. The van der Waals surface area contributed by atoms with Crippen molar-refractivity contribution in [2.75, 3.05) is 12.8 Å². The van der Waals surface area contributed by atoms with Crippen LogP contribution in [0.25, 0.3) is 11.3 Å². The van der Waals surface area contributed by atoms with Crippen molar-refractivity contribution in [3.8, 4) is 11.3 Å². The third-order valence-electron chi connectivity index (χ3n) is 2.39. The molecule has 0 radical (unpaired) electrons. The van der Waals surface area contributed by atoms with E-state index in [1.807, 2.05) is 18.2 Å². The molecule has 1 heterocycles. The predicted molar refractivity (Wildman–Crippen MR) is 65.4 cm³/mol. The molecule has 0 aliphatic carbocycles. The first-order valence-electron chi connectivity index (χ1n) is 5.11. The van der Waals surface area contributed by atoms with Gasteiger partial charge in [-0.1, -0.05) is 12.1 Å². The number of pyridine rings is 1. The summed E-state index contributed by atoms with van der Waals surface area (Å²) < 4.78 is 4.63. The summed E-state index contributed by atoms with van der Waals surface area (Å²) in [4.78, 5) is 15.5. The lowest BCUT2D eigenvalue weighted by Gasteiger charge is -2.03. The van der Waals surface area contributed by atoms with E-state index in [0.29, 0.717) is 11.3 Å². The molecule has 0 saturated carbocycles. The van der Waals surface area contributed by atoms with Crippen molar-refractivity contribution in [3.63, 3.8) is 0 Å². The summed E-state index contributed by atoms with van der Waals surface area (Å²) in [7, 11) is 1.36. The number of nitrogens with zero attached hydrogens (tertiary/aromatic N) is 1. The average Bonchev–Trinajstić information content (AvgIpc) is 2.39. The van der Waals surface area contributed by atoms with E-state index in [9.17, 15) is 4.79 Å². The summed E-state index contributed by atoms with van der Waals surface area (Å²) in [5, 5.41) is 0. The Hall–Kier alpha value is -2.36. The van der Waals surface area contributed by atoms with Crippen LogP contribution in [0.4, 0.5) is 5.69 Å². The molecule has 0 spiro atoms. The number of ether oxygens (including phenoxy) is 1. The van der Waals surface area contributed by atoms with Crippen LogP contribution in [-0.2, 0) is 4.74 Å². The lowest BCUT2D eigenvalue weighted by molar-refractivity contribution is 0.0601. The zero-order valence-corrected chi connectivity index (χ0v) is 9.38. The van der Waals surface area contributed by atoms with Crippen LogP contribution in [0.15, 0.2) is 42.6 Å². The number of benzene rings is 1. The SMILES string of the molecule is COC(=O)c1ccc(-c2ccc(N)cn2)cc1. The van der Waals surface area contributed by atoms with Gasteiger partial charge in [-0.15, -0.1) is 0 Å². The van der Waals surface area contributed by atoms with Gasteiger partial charge in [0.1, 0.15) is 0 Å². The molecule has 1 aromatic carbocycles. The van der Waals surface area contributed by atoms with Gasteiger partial charge < -0.3 is 10.5 Å². The lowest BCUT2D eigenvalue weighted by atomic mass is 10.1. The van der Waals surface area contributed by atoms with Gasteiger partial charge in [0.15, 0.2) is 0 Å². The number of nitrogen functional groups attached to an aromatic ring is 1. The summed E-state index contributed by atoms with van der Waals surface area (Å²) >= 11 is 0. The first kappa shape index (κ1) is 11.1. The zero-order valence-electron chi connectivity index (χ0n) is 9.38. The molecule has 2 aromatic rings. The fraction of sp³-hybridized carbons (Fsp3) is 0.0769. The number of aromatic nitrogens is 1. The molecule has 0 aliphatic heterocycles. The first-order valence-corrected chi connectivity index (χ1v) is 5.11. The molecule has 0 amide bonds. The zero-order chi connectivity index (χ0) is 12.3. The summed E-state index contributed by atoms with van der Waals surface area (Å²) in [6.45, 7) is 0. The van der Waals surface area contributed by atoms with E-state index in [1.54, 1.807) is 24.4 Å². The minimum atomic E-state index is -0.346. The van der Waals surface area contributed by atoms with E-state index in [4.69, 9.17) is 5.73 Å². The van der Waals surface area contributed by atoms with Gasteiger partial charge in [-0.2, -0.15) is 0 Å². The van der Waals surface area contributed by atoms with Crippen LogP contribution in [-0.4, -0.2) is 18.1 Å². The average molecular weight is 228 g/mol. The Balaban J connectivity index is 2.29. The van der Waals surface area contributed by atoms with Crippen LogP contribution in [0.2, 0.25) is 0 Å². The van der Waals surface area contributed by atoms with Crippen molar-refractivity contribution in [3.05, 3.63) is 48.2 Å². The molecule has 0 saturated heterocycles. The van der Waals surface area contributed by atoms with Crippen LogP contribution >= 0.6 is 0 Å². The molecule has 2 N–H and O–H groups in total. The molecule has 0 bridgehead atoms. The number of hydrogen-bond acceptors (Lipinski definition) is 4. The number of carbonyl (C=O) groups is 1. The first-order chi connectivity index (χ1) is 8.20. The van der Waals surface area contributed by atoms with E-state index in [1.165, 1.54) is 7.11 Å². The maximum atomic E-state index is 11.3. The standard InChI is InChI=1S/C13H12N2O2/c1-17-13(16)10-4-2-9(3-5-10)12-7-6-11(14)8-15-12/h2-8H,14H2,1H3. The highest BCUT2D eigenvalue weighted by molar-refractivity contribution is 5.89. The van der Waals surface area contributed by atoms with Crippen molar-refractivity contribution in [1.82, 2.24) is 4.98 Å². The van der Waals surface area contributed by atoms with Crippen molar-refractivity contribution in [1.29, 1.82) is 0 Å². The maximum absolute atomic E-state index is 11.3. The quantitative estimate of drug-likeness (QED) is 0.799. The monoisotopic (exact) mass is 228 g/mol. The molecule has 0 unspecified atom stereocenters. The van der Waals surface area contributed by atoms with Gasteiger partial charge in [0, 0.05) is 5.56 Å². The van der Waals surface area contributed by atoms with Gasteiger partial charge in [-0.05, 0) is 24.3 Å². The minimum Gasteiger partial charge on any atom is -0.465 e. The molecule has 86 valence electrons. The van der Waals surface area contributed by atoms with Crippen molar-refractivity contribution < 1.29 is 9.53 Å². The smallest absolute Gasteiger partial charge is 0.337 e. The second-order valence-electron chi connectivity index (χ2n) is 3.55. The number of carbonyl (C=O) groups excluding carboxylic acids is 1. The van der Waals surface area contributed by atoms with E-state index in [-0.39, 0.29) is 5.97 Å². The highest BCUT2D eigenvalue weighted by atomic mass is 16.5. The van der Waals surface area contributed by atoms with Crippen LogP contribution in [0.5, 0.6) is 0 Å². The molecule has 4 heteroatoms. The minimum absolute atomic E-state index is 0.346. The molecule has 1 aromatic heterocycles. The van der Waals surface area contributed by atoms with Crippen molar-refractivity contribution >= 4 is 11.7 Å². The Morgan fingerprint density at radius 1 is 1.18 bits per heavy atom. The molecular formula is C13H12N2O2. The summed E-state index contributed by atoms with van der Waals surface area (Å²) in [6.07, 6.45) is 1.60. The third kappa shape index (κ3) is 2.42. The fourth-order valence-electron chi connectivity index (χ4n) is 1.47. The van der Waals surface area contributed by atoms with Crippen LogP contribution in [0, 0.1) is 0 Å². The number of esters is 1. The van der Waals surface area contributed by atoms with Crippen LogP contribution in [0.1, 0.15) is 10.4 Å². The Morgan fingerprint density at radius 3 is 2.41 bits per heavy atom. The fourth-order valence-corrected chi connectivity index (χ4v) is 1.47. The van der Waals surface area contributed by atoms with Crippen LogP contribution in [0.3, 0.4) is 0 Å². The normalized spacial score (nSPS) is 9.94. The predicted octanol–water partition coefficient (Wildman–Crippen LogP) is 2.12. The van der Waals surface area contributed by atoms with E-state index in [2.05, 4.69) is 9.72 Å². The molecule has 0 aliphatic rings. The number of nitrogens with two attached hydrogens (primary N) is 1. The van der Waals surface area contributed by atoms with Gasteiger partial charge in [-0.3, -0.25) is 4.98 Å². The topological polar surface area (TPSA) is 65.2 Å². The summed E-state index contributed by atoms with van der Waals surface area (Å²) in [5.74, 6) is -0.346. The van der Waals surface area contributed by atoms with Gasteiger partial charge in [0.25, 0.3) is 0 Å². The number of anilines is 1. The molecule has 2 rings (SSSR count). The van der Waals surface area contributed by atoms with Crippen LogP contribution < -0.4 is 5.73 Å².